The lowest BCUT2D eigenvalue weighted by molar-refractivity contribution is -0.133. The van der Waals surface area contributed by atoms with Crippen molar-refractivity contribution in [3.63, 3.8) is 0 Å². The Labute approximate surface area is 104 Å². The van der Waals surface area contributed by atoms with Gasteiger partial charge in [0.2, 0.25) is 0 Å². The number of hydrogen-bond donors (Lipinski definition) is 1. The standard InChI is InChI=1S/C14H24O3/c1-11-6-5-8-14(10-11,16-2)13(15)12-7-3-4-9-17-12/h7,11,13,15H,3-6,8-10H2,1-2H3. The largest absolute Gasteiger partial charge is 0.495 e. The van der Waals surface area contributed by atoms with Crippen LogP contribution in [0, 0.1) is 5.92 Å². The van der Waals surface area contributed by atoms with Crippen LogP contribution in [0.4, 0.5) is 0 Å². The van der Waals surface area contributed by atoms with Crippen LogP contribution in [0.25, 0.3) is 0 Å². The molecule has 3 atom stereocenters. The highest BCUT2D eigenvalue weighted by Gasteiger charge is 2.44. The Balaban J connectivity index is 2.13. The van der Waals surface area contributed by atoms with Crippen LogP contribution < -0.4 is 0 Å². The highest BCUT2D eigenvalue weighted by atomic mass is 16.5. The Bertz CT molecular complexity index is 287. The van der Waals surface area contributed by atoms with Gasteiger partial charge in [-0.25, -0.2) is 0 Å². The van der Waals surface area contributed by atoms with E-state index in [0.717, 1.165) is 44.5 Å². The molecule has 0 aromatic rings. The monoisotopic (exact) mass is 240 g/mol. The third-order valence-electron chi connectivity index (χ3n) is 4.13. The van der Waals surface area contributed by atoms with Gasteiger partial charge in [0.25, 0.3) is 0 Å². The van der Waals surface area contributed by atoms with Gasteiger partial charge >= 0.3 is 0 Å². The van der Waals surface area contributed by atoms with E-state index in [1.54, 1.807) is 7.11 Å². The van der Waals surface area contributed by atoms with Crippen LogP contribution >= 0.6 is 0 Å². The predicted molar refractivity (Wildman–Crippen MR) is 66.6 cm³/mol. The van der Waals surface area contributed by atoms with Gasteiger partial charge in [0.05, 0.1) is 6.61 Å². The van der Waals surface area contributed by atoms with E-state index in [4.69, 9.17) is 9.47 Å². The number of hydrogen-bond acceptors (Lipinski definition) is 3. The van der Waals surface area contributed by atoms with Crippen LogP contribution in [-0.2, 0) is 9.47 Å². The summed E-state index contributed by atoms with van der Waals surface area (Å²) in [7, 11) is 1.71. The smallest absolute Gasteiger partial charge is 0.139 e. The van der Waals surface area contributed by atoms with Crippen LogP contribution in [0.15, 0.2) is 11.8 Å². The van der Waals surface area contributed by atoms with Gasteiger partial charge in [0.1, 0.15) is 17.5 Å². The van der Waals surface area contributed by atoms with Crippen LogP contribution in [-0.4, -0.2) is 30.5 Å². The molecule has 0 saturated heterocycles. The van der Waals surface area contributed by atoms with Gasteiger partial charge < -0.3 is 14.6 Å². The number of aliphatic hydroxyl groups excluding tert-OH is 1. The number of aliphatic hydroxyl groups is 1. The number of ether oxygens (including phenoxy) is 2. The Kier molecular flexibility index (Phi) is 4.10. The van der Waals surface area contributed by atoms with Gasteiger partial charge in [0.15, 0.2) is 0 Å². The number of methoxy groups -OCH3 is 1. The molecule has 17 heavy (non-hydrogen) atoms. The van der Waals surface area contributed by atoms with E-state index in [9.17, 15) is 5.11 Å². The SMILES string of the molecule is COC1(C(O)C2=CCCCO2)CCCC(C)C1. The maximum absolute atomic E-state index is 10.5. The average Bonchev–Trinajstić information content (AvgIpc) is 2.38. The van der Waals surface area contributed by atoms with Crippen molar-refractivity contribution in [2.45, 2.75) is 57.2 Å². The Morgan fingerprint density at radius 1 is 1.53 bits per heavy atom. The summed E-state index contributed by atoms with van der Waals surface area (Å²) in [5.74, 6) is 1.34. The molecule has 3 unspecified atom stereocenters. The zero-order valence-corrected chi connectivity index (χ0v) is 10.9. The molecule has 1 aliphatic heterocycles. The van der Waals surface area contributed by atoms with Gasteiger partial charge in [-0.15, -0.1) is 0 Å². The number of allylic oxidation sites excluding steroid dienone is 1. The molecule has 1 fully saturated rings. The second-order valence-electron chi connectivity index (χ2n) is 5.47. The van der Waals surface area contributed by atoms with Gasteiger partial charge in [-0.05, 0) is 37.7 Å². The zero-order valence-electron chi connectivity index (χ0n) is 10.9. The molecule has 2 rings (SSSR count). The van der Waals surface area contributed by atoms with Gasteiger partial charge in [0, 0.05) is 7.11 Å². The first-order valence-corrected chi connectivity index (χ1v) is 6.74. The Hall–Kier alpha value is -0.540. The highest BCUT2D eigenvalue weighted by molar-refractivity contribution is 5.11. The molecule has 1 N–H and O–H groups in total. The van der Waals surface area contributed by atoms with Crippen molar-refractivity contribution in [2.75, 3.05) is 13.7 Å². The molecule has 98 valence electrons. The minimum absolute atomic E-state index is 0.430. The molecule has 0 aromatic heterocycles. The molecule has 2 aliphatic rings. The quantitative estimate of drug-likeness (QED) is 0.824. The third kappa shape index (κ3) is 2.66. The lowest BCUT2D eigenvalue weighted by Gasteiger charge is -2.43. The zero-order chi connectivity index (χ0) is 12.3. The fourth-order valence-electron chi connectivity index (χ4n) is 3.12. The van der Waals surface area contributed by atoms with Crippen LogP contribution in [0.2, 0.25) is 0 Å². The molecule has 1 aliphatic carbocycles. The van der Waals surface area contributed by atoms with E-state index >= 15 is 0 Å². The Morgan fingerprint density at radius 2 is 2.35 bits per heavy atom. The van der Waals surface area contributed by atoms with E-state index in [2.05, 4.69) is 6.92 Å². The Morgan fingerprint density at radius 3 is 2.94 bits per heavy atom. The molecule has 0 aromatic carbocycles. The van der Waals surface area contributed by atoms with Crippen LogP contribution in [0.3, 0.4) is 0 Å². The molecule has 0 amide bonds. The van der Waals surface area contributed by atoms with E-state index in [0.29, 0.717) is 5.92 Å². The predicted octanol–water partition coefficient (Wildman–Crippen LogP) is 2.64. The topological polar surface area (TPSA) is 38.7 Å². The first-order valence-electron chi connectivity index (χ1n) is 6.74. The summed E-state index contributed by atoms with van der Waals surface area (Å²) in [6.45, 7) is 2.95. The lowest BCUT2D eigenvalue weighted by Crippen LogP contribution is -2.49. The third-order valence-corrected chi connectivity index (χ3v) is 4.13. The van der Waals surface area contributed by atoms with Crippen LogP contribution in [0.5, 0.6) is 0 Å². The second-order valence-corrected chi connectivity index (χ2v) is 5.47. The summed E-state index contributed by atoms with van der Waals surface area (Å²) in [6.07, 6.45) is 7.68. The summed E-state index contributed by atoms with van der Waals surface area (Å²) in [6, 6.07) is 0. The summed E-state index contributed by atoms with van der Waals surface area (Å²) >= 11 is 0. The van der Waals surface area contributed by atoms with Crippen molar-refractivity contribution in [1.82, 2.24) is 0 Å². The van der Waals surface area contributed by atoms with Crippen molar-refractivity contribution >= 4 is 0 Å². The van der Waals surface area contributed by atoms with Crippen molar-refractivity contribution in [3.05, 3.63) is 11.8 Å². The summed E-state index contributed by atoms with van der Waals surface area (Å²) < 4.78 is 11.3. The van der Waals surface area contributed by atoms with Crippen molar-refractivity contribution < 1.29 is 14.6 Å². The van der Waals surface area contributed by atoms with Crippen molar-refractivity contribution in [1.29, 1.82) is 0 Å². The molecule has 0 spiro atoms. The van der Waals surface area contributed by atoms with E-state index < -0.39 is 11.7 Å². The molecule has 0 radical (unpaired) electrons. The first kappa shape index (κ1) is 12.9. The van der Waals surface area contributed by atoms with E-state index in [1.165, 1.54) is 6.42 Å². The van der Waals surface area contributed by atoms with Gasteiger partial charge in [-0.2, -0.15) is 0 Å². The second kappa shape index (κ2) is 5.40. The normalized spacial score (nSPS) is 35.9. The van der Waals surface area contributed by atoms with E-state index in [-0.39, 0.29) is 0 Å². The molecule has 1 heterocycles. The molecular weight excluding hydrogens is 216 g/mol. The summed E-state index contributed by atoms with van der Waals surface area (Å²) in [4.78, 5) is 0. The van der Waals surface area contributed by atoms with E-state index in [1.807, 2.05) is 6.08 Å². The minimum Gasteiger partial charge on any atom is -0.495 e. The van der Waals surface area contributed by atoms with Gasteiger partial charge in [-0.1, -0.05) is 19.8 Å². The average molecular weight is 240 g/mol. The minimum atomic E-state index is -0.601. The summed E-state index contributed by atoms with van der Waals surface area (Å²) in [5.41, 5.74) is -0.430. The fourth-order valence-corrected chi connectivity index (χ4v) is 3.12. The maximum Gasteiger partial charge on any atom is 0.139 e. The molecule has 3 heteroatoms. The highest BCUT2D eigenvalue weighted by Crippen LogP contribution is 2.40. The molecule has 0 bridgehead atoms. The first-order chi connectivity index (χ1) is 8.18. The van der Waals surface area contributed by atoms with Crippen molar-refractivity contribution in [3.8, 4) is 0 Å². The van der Waals surface area contributed by atoms with Crippen LogP contribution in [0.1, 0.15) is 45.4 Å². The summed E-state index contributed by atoms with van der Waals surface area (Å²) in [5, 5.41) is 10.5. The molecule has 1 saturated carbocycles. The fraction of sp³-hybridized carbons (Fsp3) is 0.857. The molecular formula is C14H24O3. The molecule has 3 nitrogen and oxygen atoms in total. The maximum atomic E-state index is 10.5. The van der Waals surface area contributed by atoms with Gasteiger partial charge in [-0.3, -0.25) is 0 Å². The number of rotatable bonds is 3. The lowest BCUT2D eigenvalue weighted by atomic mass is 9.75. The van der Waals surface area contributed by atoms with Crippen molar-refractivity contribution in [2.24, 2.45) is 5.92 Å².